The van der Waals surface area contributed by atoms with Crippen LogP contribution in [0.2, 0.25) is 0 Å². The number of nitrogens with zero attached hydrogens (tertiary/aromatic N) is 1. The number of rotatable bonds is 6. The topological polar surface area (TPSA) is 93.5 Å². The van der Waals surface area contributed by atoms with Crippen LogP contribution >= 0.6 is 0 Å². The number of amides is 2. The highest BCUT2D eigenvalue weighted by molar-refractivity contribution is 6.07. The third-order valence-electron chi connectivity index (χ3n) is 4.39. The highest BCUT2D eigenvalue weighted by atomic mass is 16.5. The van der Waals surface area contributed by atoms with Gasteiger partial charge in [-0.15, -0.1) is 0 Å². The van der Waals surface area contributed by atoms with E-state index in [1.165, 1.54) is 0 Å². The zero-order chi connectivity index (χ0) is 21.0. The highest BCUT2D eigenvalue weighted by Crippen LogP contribution is 2.23. The number of ether oxygens (including phenoxy) is 1. The maximum Gasteiger partial charge on any atom is 0.261 e. The Hall–Kier alpha value is -3.61. The summed E-state index contributed by atoms with van der Waals surface area (Å²) in [5.74, 6) is 0.774. The summed E-state index contributed by atoms with van der Waals surface area (Å²) in [7, 11) is 1.59. The van der Waals surface area contributed by atoms with Crippen molar-refractivity contribution >= 4 is 23.2 Å². The van der Waals surface area contributed by atoms with Crippen molar-refractivity contribution in [3.8, 4) is 5.75 Å². The van der Waals surface area contributed by atoms with Crippen LogP contribution in [0.3, 0.4) is 0 Å². The van der Waals surface area contributed by atoms with E-state index in [0.29, 0.717) is 39.7 Å². The summed E-state index contributed by atoms with van der Waals surface area (Å²) < 4.78 is 10.4. The van der Waals surface area contributed by atoms with Gasteiger partial charge in [0.05, 0.1) is 12.8 Å². The van der Waals surface area contributed by atoms with Gasteiger partial charge in [0.25, 0.3) is 11.8 Å². The molecule has 0 aliphatic rings. The molecular formula is C22H23N3O4. The predicted molar refractivity (Wildman–Crippen MR) is 111 cm³/mol. The van der Waals surface area contributed by atoms with Gasteiger partial charge in [0.2, 0.25) is 0 Å². The SMILES string of the molecule is COc1ccc(NC(=O)c2ccc(NC(=O)c3c(C)noc3C(C)C)cc2)cc1. The van der Waals surface area contributed by atoms with Gasteiger partial charge < -0.3 is 19.9 Å². The Morgan fingerprint density at radius 3 is 2.03 bits per heavy atom. The summed E-state index contributed by atoms with van der Waals surface area (Å²) in [4.78, 5) is 25.0. The minimum Gasteiger partial charge on any atom is -0.497 e. The van der Waals surface area contributed by atoms with Crippen molar-refractivity contribution in [2.75, 3.05) is 17.7 Å². The zero-order valence-electron chi connectivity index (χ0n) is 16.8. The van der Waals surface area contributed by atoms with Crippen molar-refractivity contribution in [1.29, 1.82) is 0 Å². The van der Waals surface area contributed by atoms with E-state index in [2.05, 4.69) is 15.8 Å². The standard InChI is InChI=1S/C22H23N3O4/c1-13(2)20-19(14(3)25-29-20)22(27)24-16-7-5-15(6-8-16)21(26)23-17-9-11-18(28-4)12-10-17/h5-13H,1-4H3,(H,23,26)(H,24,27). The molecule has 0 spiro atoms. The van der Waals surface area contributed by atoms with E-state index in [0.717, 1.165) is 0 Å². The summed E-state index contributed by atoms with van der Waals surface area (Å²) in [5, 5.41) is 9.53. The second-order valence-electron chi connectivity index (χ2n) is 6.88. The third-order valence-corrected chi connectivity index (χ3v) is 4.39. The van der Waals surface area contributed by atoms with Crippen LogP contribution in [0.1, 0.15) is 51.9 Å². The van der Waals surface area contributed by atoms with Crippen molar-refractivity contribution in [2.45, 2.75) is 26.7 Å². The van der Waals surface area contributed by atoms with Crippen LogP contribution < -0.4 is 15.4 Å². The van der Waals surface area contributed by atoms with E-state index >= 15 is 0 Å². The molecule has 0 unspecified atom stereocenters. The quantitative estimate of drug-likeness (QED) is 0.637. The molecule has 0 atom stereocenters. The second-order valence-corrected chi connectivity index (χ2v) is 6.88. The molecule has 1 heterocycles. The van der Waals surface area contributed by atoms with Gasteiger partial charge in [0, 0.05) is 22.9 Å². The number of aromatic nitrogens is 1. The highest BCUT2D eigenvalue weighted by Gasteiger charge is 2.22. The normalized spacial score (nSPS) is 10.7. The third kappa shape index (κ3) is 4.63. The fourth-order valence-corrected chi connectivity index (χ4v) is 2.83. The molecule has 2 aromatic carbocycles. The van der Waals surface area contributed by atoms with Crippen molar-refractivity contribution < 1.29 is 18.8 Å². The first kappa shape index (κ1) is 20.1. The molecule has 0 aliphatic heterocycles. The molecule has 29 heavy (non-hydrogen) atoms. The first-order valence-electron chi connectivity index (χ1n) is 9.22. The molecule has 0 radical (unpaired) electrons. The maximum atomic E-state index is 12.6. The Morgan fingerprint density at radius 1 is 0.931 bits per heavy atom. The average molecular weight is 393 g/mol. The van der Waals surface area contributed by atoms with E-state index in [9.17, 15) is 9.59 Å². The summed E-state index contributed by atoms with van der Waals surface area (Å²) >= 11 is 0. The van der Waals surface area contributed by atoms with Crippen LogP contribution in [0, 0.1) is 6.92 Å². The number of hydrogen-bond acceptors (Lipinski definition) is 5. The number of anilines is 2. The van der Waals surface area contributed by atoms with E-state index in [1.807, 2.05) is 13.8 Å². The molecule has 0 saturated heterocycles. The van der Waals surface area contributed by atoms with Gasteiger partial charge in [-0.1, -0.05) is 19.0 Å². The maximum absolute atomic E-state index is 12.6. The van der Waals surface area contributed by atoms with Crippen LogP contribution in [0.5, 0.6) is 5.75 Å². The summed E-state index contributed by atoms with van der Waals surface area (Å²) in [6.07, 6.45) is 0. The minimum absolute atomic E-state index is 0.0426. The molecule has 0 aliphatic carbocycles. The number of hydrogen-bond donors (Lipinski definition) is 2. The van der Waals surface area contributed by atoms with E-state index < -0.39 is 0 Å². The van der Waals surface area contributed by atoms with Gasteiger partial charge in [-0.05, 0) is 55.5 Å². The Bertz CT molecular complexity index is 1010. The van der Waals surface area contributed by atoms with E-state index in [4.69, 9.17) is 9.26 Å². The lowest BCUT2D eigenvalue weighted by atomic mass is 10.0. The number of carbonyl (C=O) groups is 2. The van der Waals surface area contributed by atoms with Crippen molar-refractivity contribution in [3.63, 3.8) is 0 Å². The van der Waals surface area contributed by atoms with Crippen molar-refractivity contribution in [1.82, 2.24) is 5.16 Å². The van der Waals surface area contributed by atoms with Crippen LogP contribution in [0.4, 0.5) is 11.4 Å². The molecule has 2 amide bonds. The molecule has 0 bridgehead atoms. The van der Waals surface area contributed by atoms with Crippen LogP contribution in [-0.2, 0) is 0 Å². The smallest absolute Gasteiger partial charge is 0.261 e. The molecule has 3 aromatic rings. The summed E-state index contributed by atoms with van der Waals surface area (Å²) in [6, 6.07) is 13.7. The summed E-state index contributed by atoms with van der Waals surface area (Å²) in [6.45, 7) is 5.61. The molecular weight excluding hydrogens is 370 g/mol. The van der Waals surface area contributed by atoms with Gasteiger partial charge in [-0.2, -0.15) is 0 Å². The Balaban J connectivity index is 1.67. The van der Waals surface area contributed by atoms with Crippen molar-refractivity contribution in [3.05, 3.63) is 71.1 Å². The van der Waals surface area contributed by atoms with Gasteiger partial charge in [0.15, 0.2) is 5.76 Å². The van der Waals surface area contributed by atoms with Gasteiger partial charge >= 0.3 is 0 Å². The van der Waals surface area contributed by atoms with Crippen LogP contribution in [-0.4, -0.2) is 24.1 Å². The fraction of sp³-hybridized carbons (Fsp3) is 0.227. The van der Waals surface area contributed by atoms with E-state index in [1.54, 1.807) is 62.6 Å². The van der Waals surface area contributed by atoms with Gasteiger partial charge in [0.1, 0.15) is 11.3 Å². The lowest BCUT2D eigenvalue weighted by molar-refractivity contribution is 0.101. The Labute approximate surface area is 169 Å². The monoisotopic (exact) mass is 393 g/mol. The van der Waals surface area contributed by atoms with Gasteiger partial charge in [-0.3, -0.25) is 9.59 Å². The number of carbonyl (C=O) groups excluding carboxylic acids is 2. The lowest BCUT2D eigenvalue weighted by Gasteiger charge is -2.09. The average Bonchev–Trinajstić information content (AvgIpc) is 3.11. The van der Waals surface area contributed by atoms with Crippen molar-refractivity contribution in [2.24, 2.45) is 0 Å². The number of nitrogens with one attached hydrogen (secondary N) is 2. The molecule has 150 valence electrons. The van der Waals surface area contributed by atoms with Crippen LogP contribution in [0.15, 0.2) is 53.1 Å². The van der Waals surface area contributed by atoms with Crippen LogP contribution in [0.25, 0.3) is 0 Å². The Kier molecular flexibility index (Phi) is 5.97. The molecule has 0 fully saturated rings. The summed E-state index contributed by atoms with van der Waals surface area (Å²) in [5.41, 5.74) is 2.70. The molecule has 7 nitrogen and oxygen atoms in total. The number of aryl methyl sites for hydroxylation is 1. The van der Waals surface area contributed by atoms with Gasteiger partial charge in [-0.25, -0.2) is 0 Å². The lowest BCUT2D eigenvalue weighted by Crippen LogP contribution is -2.15. The number of methoxy groups -OCH3 is 1. The molecule has 1 aromatic heterocycles. The molecule has 0 saturated carbocycles. The Morgan fingerprint density at radius 2 is 1.48 bits per heavy atom. The molecule has 2 N–H and O–H groups in total. The zero-order valence-corrected chi connectivity index (χ0v) is 16.8. The van der Waals surface area contributed by atoms with E-state index in [-0.39, 0.29) is 17.7 Å². The minimum atomic E-state index is -0.289. The first-order valence-corrected chi connectivity index (χ1v) is 9.22. The second kappa shape index (κ2) is 8.60. The largest absolute Gasteiger partial charge is 0.497 e. The fourth-order valence-electron chi connectivity index (χ4n) is 2.83. The first-order chi connectivity index (χ1) is 13.9. The predicted octanol–water partition coefficient (Wildman–Crippen LogP) is 4.62. The number of benzene rings is 2. The molecule has 7 heteroatoms. The molecule has 3 rings (SSSR count).